The molecule has 8 heteroatoms. The van der Waals surface area contributed by atoms with Crippen molar-refractivity contribution in [2.24, 2.45) is 0 Å². The molecule has 7 nitrogen and oxygen atoms in total. The average molecular weight is 392 g/mol. The molecule has 0 radical (unpaired) electrons. The van der Waals surface area contributed by atoms with E-state index in [0.717, 1.165) is 34.6 Å². The number of para-hydroxylation sites is 2. The number of carbonyl (C=O) groups excluding carboxylic acids is 1. The lowest BCUT2D eigenvalue weighted by Gasteiger charge is -2.15. The maximum Gasteiger partial charge on any atom is 0.269 e. The van der Waals surface area contributed by atoms with Crippen molar-refractivity contribution >= 4 is 28.7 Å². The number of aromatic amines is 2. The molecule has 142 valence electrons. The molecule has 3 heterocycles. The van der Waals surface area contributed by atoms with Crippen LogP contribution in [0.5, 0.6) is 0 Å². The van der Waals surface area contributed by atoms with Crippen molar-refractivity contribution < 1.29 is 4.79 Å². The first kappa shape index (κ1) is 18.2. The van der Waals surface area contributed by atoms with Crippen molar-refractivity contribution in [3.63, 3.8) is 0 Å². The number of rotatable bonds is 7. The number of imidazole rings is 1. The van der Waals surface area contributed by atoms with E-state index in [1.54, 1.807) is 30.2 Å². The quantitative estimate of drug-likeness (QED) is 0.446. The van der Waals surface area contributed by atoms with Crippen LogP contribution in [0.1, 0.15) is 28.8 Å². The minimum Gasteiger partial charge on any atom is -0.341 e. The molecule has 4 aromatic rings. The highest BCUT2D eigenvalue weighted by Crippen LogP contribution is 2.21. The molecule has 0 aliphatic carbocycles. The van der Waals surface area contributed by atoms with Crippen LogP contribution >= 0.6 is 11.8 Å². The maximum atomic E-state index is 12.8. The summed E-state index contributed by atoms with van der Waals surface area (Å²) in [5.74, 6) is 1.45. The smallest absolute Gasteiger partial charge is 0.269 e. The molecule has 1 atom stereocenters. The van der Waals surface area contributed by atoms with E-state index in [0.29, 0.717) is 11.4 Å². The van der Waals surface area contributed by atoms with Gasteiger partial charge in [0.05, 0.1) is 22.8 Å². The third kappa shape index (κ3) is 3.91. The number of carbonyl (C=O) groups is 1. The van der Waals surface area contributed by atoms with Crippen molar-refractivity contribution in [2.75, 3.05) is 12.0 Å². The minimum atomic E-state index is -0.214. The monoisotopic (exact) mass is 392 g/mol. The van der Waals surface area contributed by atoms with Crippen LogP contribution in [0.3, 0.4) is 0 Å². The highest BCUT2D eigenvalue weighted by molar-refractivity contribution is 7.98. The number of H-pyrrole nitrogens is 2. The van der Waals surface area contributed by atoms with Gasteiger partial charge in [0.1, 0.15) is 11.5 Å². The fourth-order valence-electron chi connectivity index (χ4n) is 2.99. The summed E-state index contributed by atoms with van der Waals surface area (Å²) in [5, 5.41) is 10.1. The average Bonchev–Trinajstić information content (AvgIpc) is 3.39. The molecule has 0 bridgehead atoms. The topological polar surface area (TPSA) is 99.3 Å². The normalized spacial score (nSPS) is 12.2. The van der Waals surface area contributed by atoms with Gasteiger partial charge in [-0.1, -0.05) is 12.1 Å². The summed E-state index contributed by atoms with van der Waals surface area (Å²) >= 11 is 1.74. The van der Waals surface area contributed by atoms with E-state index < -0.39 is 0 Å². The molecule has 1 aromatic carbocycles. The van der Waals surface area contributed by atoms with E-state index >= 15 is 0 Å². The van der Waals surface area contributed by atoms with Gasteiger partial charge in [0.15, 0.2) is 0 Å². The van der Waals surface area contributed by atoms with Gasteiger partial charge in [0, 0.05) is 18.0 Å². The van der Waals surface area contributed by atoms with E-state index in [9.17, 15) is 4.79 Å². The Morgan fingerprint density at radius 3 is 2.93 bits per heavy atom. The molecule has 3 N–H and O–H groups in total. The van der Waals surface area contributed by atoms with Gasteiger partial charge in [-0.05, 0) is 48.8 Å². The number of nitrogens with one attached hydrogen (secondary N) is 3. The van der Waals surface area contributed by atoms with Crippen LogP contribution in [0.25, 0.3) is 22.3 Å². The van der Waals surface area contributed by atoms with E-state index in [1.165, 1.54) is 0 Å². The van der Waals surface area contributed by atoms with Crippen LogP contribution in [-0.4, -0.2) is 43.1 Å². The van der Waals surface area contributed by atoms with Crippen LogP contribution in [0.4, 0.5) is 0 Å². The number of fused-ring (bicyclic) bond motifs is 1. The van der Waals surface area contributed by atoms with Gasteiger partial charge in [-0.15, -0.1) is 0 Å². The molecule has 0 aliphatic rings. The third-order valence-corrected chi connectivity index (χ3v) is 5.08. The van der Waals surface area contributed by atoms with E-state index in [4.69, 9.17) is 0 Å². The van der Waals surface area contributed by atoms with Crippen LogP contribution in [0.2, 0.25) is 0 Å². The van der Waals surface area contributed by atoms with E-state index in [-0.39, 0.29) is 11.9 Å². The Balaban J connectivity index is 1.55. The zero-order chi connectivity index (χ0) is 19.3. The van der Waals surface area contributed by atoms with Gasteiger partial charge >= 0.3 is 0 Å². The van der Waals surface area contributed by atoms with Gasteiger partial charge in [-0.3, -0.25) is 14.9 Å². The number of thioether (sulfide) groups is 1. The lowest BCUT2D eigenvalue weighted by atomic mass is 10.2. The maximum absolute atomic E-state index is 12.8. The fraction of sp³-hybridized carbons (Fsp3) is 0.200. The molecule has 4 rings (SSSR count). The van der Waals surface area contributed by atoms with Crippen LogP contribution < -0.4 is 5.32 Å². The number of aromatic nitrogens is 5. The molecule has 0 unspecified atom stereocenters. The number of hydrogen-bond donors (Lipinski definition) is 3. The van der Waals surface area contributed by atoms with Crippen molar-refractivity contribution in [3.8, 4) is 11.3 Å². The molecule has 0 saturated heterocycles. The number of nitrogens with zero attached hydrogens (tertiary/aromatic N) is 3. The first-order valence-electron chi connectivity index (χ1n) is 8.95. The summed E-state index contributed by atoms with van der Waals surface area (Å²) < 4.78 is 0. The molecule has 3 aromatic heterocycles. The molecule has 0 fully saturated rings. The zero-order valence-electron chi connectivity index (χ0n) is 15.3. The van der Waals surface area contributed by atoms with Gasteiger partial charge in [-0.25, -0.2) is 4.98 Å². The second-order valence-corrected chi connectivity index (χ2v) is 7.34. The fourth-order valence-corrected chi connectivity index (χ4v) is 3.46. The lowest BCUT2D eigenvalue weighted by Crippen LogP contribution is -2.30. The van der Waals surface area contributed by atoms with Crippen molar-refractivity contribution in [1.82, 2.24) is 30.5 Å². The predicted molar refractivity (Wildman–Crippen MR) is 111 cm³/mol. The van der Waals surface area contributed by atoms with Crippen molar-refractivity contribution in [3.05, 3.63) is 66.4 Å². The van der Waals surface area contributed by atoms with Crippen molar-refractivity contribution in [1.29, 1.82) is 0 Å². The Kier molecular flexibility index (Phi) is 5.38. The Morgan fingerprint density at radius 1 is 1.25 bits per heavy atom. The van der Waals surface area contributed by atoms with Gasteiger partial charge in [0.25, 0.3) is 5.91 Å². The molecule has 1 amide bonds. The van der Waals surface area contributed by atoms with Gasteiger partial charge < -0.3 is 10.3 Å². The summed E-state index contributed by atoms with van der Waals surface area (Å²) in [7, 11) is 0. The zero-order valence-corrected chi connectivity index (χ0v) is 16.2. The summed E-state index contributed by atoms with van der Waals surface area (Å²) in [6.45, 7) is 0. The standard InChI is InChI=1S/C20H20N6OS/c1-28-10-8-16(19-22-14-6-2-3-7-15(14)23-19)24-20(27)18-11-17(25-26-18)13-5-4-9-21-12-13/h2-7,9,11-12,16H,8,10H2,1H3,(H,22,23)(H,24,27)(H,25,26)/t16-/m1/s1. The first-order chi connectivity index (χ1) is 13.7. The Hall–Kier alpha value is -3.13. The SMILES string of the molecule is CSCC[C@@H](NC(=O)c1cc(-c2cccnc2)n[nH]1)c1nc2ccccc2[nH]1. The number of amides is 1. The number of benzene rings is 1. The highest BCUT2D eigenvalue weighted by Gasteiger charge is 2.20. The Labute approximate surface area is 166 Å². The summed E-state index contributed by atoms with van der Waals surface area (Å²) in [5.41, 5.74) is 3.79. The summed E-state index contributed by atoms with van der Waals surface area (Å²) in [6, 6.07) is 13.1. The third-order valence-electron chi connectivity index (χ3n) is 4.43. The Bertz CT molecular complexity index is 1040. The molecular formula is C20H20N6OS. The van der Waals surface area contributed by atoms with Crippen LogP contribution in [0.15, 0.2) is 54.9 Å². The molecule has 0 aliphatic heterocycles. The van der Waals surface area contributed by atoms with Gasteiger partial charge in [-0.2, -0.15) is 16.9 Å². The molecule has 28 heavy (non-hydrogen) atoms. The van der Waals surface area contributed by atoms with Crippen molar-refractivity contribution in [2.45, 2.75) is 12.5 Å². The second kappa shape index (κ2) is 8.26. The lowest BCUT2D eigenvalue weighted by molar-refractivity contribution is 0.0929. The number of pyridine rings is 1. The molecular weight excluding hydrogens is 372 g/mol. The highest BCUT2D eigenvalue weighted by atomic mass is 32.2. The second-order valence-electron chi connectivity index (χ2n) is 6.36. The number of hydrogen-bond acceptors (Lipinski definition) is 5. The largest absolute Gasteiger partial charge is 0.341 e. The summed E-state index contributed by atoms with van der Waals surface area (Å²) in [4.78, 5) is 24.9. The van der Waals surface area contributed by atoms with Crippen LogP contribution in [-0.2, 0) is 0 Å². The minimum absolute atomic E-state index is 0.211. The Morgan fingerprint density at radius 2 is 2.14 bits per heavy atom. The van der Waals surface area contributed by atoms with Crippen LogP contribution in [0, 0.1) is 0 Å². The van der Waals surface area contributed by atoms with Gasteiger partial charge in [0.2, 0.25) is 0 Å². The van der Waals surface area contributed by atoms with E-state index in [1.807, 2.05) is 42.7 Å². The molecule has 0 spiro atoms. The first-order valence-corrected chi connectivity index (χ1v) is 10.3. The predicted octanol–water partition coefficient (Wildman–Crippen LogP) is 3.57. The molecule has 0 saturated carbocycles. The van der Waals surface area contributed by atoms with E-state index in [2.05, 4.69) is 30.5 Å². The summed E-state index contributed by atoms with van der Waals surface area (Å²) in [6.07, 6.45) is 6.24.